The summed E-state index contributed by atoms with van der Waals surface area (Å²) in [6.45, 7) is 2.57. The fraction of sp³-hybridized carbons (Fsp3) is 0.375. The van der Waals surface area contributed by atoms with E-state index in [1.165, 1.54) is 0 Å². The second-order valence-corrected chi connectivity index (χ2v) is 6.82. The van der Waals surface area contributed by atoms with Gasteiger partial charge in [-0.05, 0) is 25.5 Å². The highest BCUT2D eigenvalue weighted by molar-refractivity contribution is 7.09. The molecule has 3 aromatic heterocycles. The predicted molar refractivity (Wildman–Crippen MR) is 95.4 cm³/mol. The molecule has 0 radical (unpaired) electrons. The number of amidine groups is 1. The van der Waals surface area contributed by atoms with Crippen LogP contribution in [0.3, 0.4) is 0 Å². The molecule has 1 fully saturated rings. The molecule has 0 saturated carbocycles. The van der Waals surface area contributed by atoms with Crippen LogP contribution in [0, 0.1) is 0 Å². The van der Waals surface area contributed by atoms with Gasteiger partial charge >= 0.3 is 0 Å². The number of aliphatic imine (C=N–C) groups is 1. The van der Waals surface area contributed by atoms with Crippen LogP contribution in [-0.4, -0.2) is 44.7 Å². The lowest BCUT2D eigenvalue weighted by atomic mass is 10.1. The Hall–Kier alpha value is -2.32. The van der Waals surface area contributed by atoms with Crippen molar-refractivity contribution in [1.82, 2.24) is 25.1 Å². The van der Waals surface area contributed by atoms with Gasteiger partial charge in [0.2, 0.25) is 0 Å². The first-order valence-corrected chi connectivity index (χ1v) is 8.92. The van der Waals surface area contributed by atoms with Crippen LogP contribution < -0.4 is 11.1 Å². The summed E-state index contributed by atoms with van der Waals surface area (Å²) in [5.74, 6) is 0.526. The van der Waals surface area contributed by atoms with Crippen molar-refractivity contribution >= 4 is 28.1 Å². The predicted octanol–water partition coefficient (Wildman–Crippen LogP) is 1.39. The Labute approximate surface area is 143 Å². The van der Waals surface area contributed by atoms with Gasteiger partial charge < -0.3 is 11.1 Å². The highest BCUT2D eigenvalue weighted by atomic mass is 32.1. The van der Waals surface area contributed by atoms with E-state index in [2.05, 4.69) is 25.4 Å². The van der Waals surface area contributed by atoms with Crippen LogP contribution in [-0.2, 0) is 6.54 Å². The van der Waals surface area contributed by atoms with Gasteiger partial charge in [-0.3, -0.25) is 14.7 Å². The van der Waals surface area contributed by atoms with Crippen LogP contribution in [0.15, 0.2) is 35.0 Å². The lowest BCUT2D eigenvalue weighted by molar-refractivity contribution is 0.461. The van der Waals surface area contributed by atoms with Crippen LogP contribution in [0.25, 0.3) is 10.9 Å². The highest BCUT2D eigenvalue weighted by Crippen LogP contribution is 2.16. The van der Waals surface area contributed by atoms with Crippen molar-refractivity contribution in [2.24, 2.45) is 10.7 Å². The molecule has 0 spiro atoms. The van der Waals surface area contributed by atoms with E-state index in [9.17, 15) is 0 Å². The molecule has 0 aliphatic carbocycles. The number of thiazole rings is 1. The van der Waals surface area contributed by atoms with Gasteiger partial charge in [0.25, 0.3) is 0 Å². The maximum Gasteiger partial charge on any atom is 0.145 e. The average Bonchev–Trinajstić information content (AvgIpc) is 3.24. The molecule has 124 valence electrons. The first kappa shape index (κ1) is 15.2. The minimum Gasteiger partial charge on any atom is -0.382 e. The molecule has 0 aromatic carbocycles. The quantitative estimate of drug-likeness (QED) is 0.552. The van der Waals surface area contributed by atoms with E-state index in [-0.39, 0.29) is 6.04 Å². The third-order valence-electron chi connectivity index (χ3n) is 4.14. The molecule has 8 heteroatoms. The number of hydrogen-bond donors (Lipinski definition) is 2. The SMILES string of the molecule is NC(=NC1CCCNC1)c1csc(Cn2ncc3ccncc32)n1. The van der Waals surface area contributed by atoms with Crippen LogP contribution in [0.5, 0.6) is 0 Å². The van der Waals surface area contributed by atoms with Gasteiger partial charge in [-0.15, -0.1) is 11.3 Å². The van der Waals surface area contributed by atoms with Crippen molar-refractivity contribution < 1.29 is 0 Å². The van der Waals surface area contributed by atoms with Crippen molar-refractivity contribution in [2.75, 3.05) is 13.1 Å². The number of fused-ring (bicyclic) bond motifs is 1. The minimum atomic E-state index is 0.255. The average molecular weight is 341 g/mol. The second-order valence-electron chi connectivity index (χ2n) is 5.88. The van der Waals surface area contributed by atoms with E-state index in [1.807, 2.05) is 28.5 Å². The summed E-state index contributed by atoms with van der Waals surface area (Å²) in [4.78, 5) is 13.4. The number of nitrogens with zero attached hydrogens (tertiary/aromatic N) is 5. The van der Waals surface area contributed by atoms with Crippen molar-refractivity contribution in [3.63, 3.8) is 0 Å². The maximum absolute atomic E-state index is 6.14. The molecule has 4 heterocycles. The molecule has 1 aliphatic heterocycles. The number of nitrogens with one attached hydrogen (secondary N) is 1. The largest absolute Gasteiger partial charge is 0.382 e. The highest BCUT2D eigenvalue weighted by Gasteiger charge is 2.14. The lowest BCUT2D eigenvalue weighted by Gasteiger charge is -2.19. The Morgan fingerprint density at radius 1 is 1.46 bits per heavy atom. The van der Waals surface area contributed by atoms with Crippen LogP contribution in [0.2, 0.25) is 0 Å². The van der Waals surface area contributed by atoms with E-state index in [1.54, 1.807) is 17.5 Å². The molecule has 1 aliphatic rings. The molecule has 24 heavy (non-hydrogen) atoms. The first-order chi connectivity index (χ1) is 11.8. The van der Waals surface area contributed by atoms with Crippen LogP contribution in [0.1, 0.15) is 23.5 Å². The van der Waals surface area contributed by atoms with Crippen LogP contribution in [0.4, 0.5) is 0 Å². The minimum absolute atomic E-state index is 0.255. The summed E-state index contributed by atoms with van der Waals surface area (Å²) < 4.78 is 1.91. The molecule has 7 nitrogen and oxygen atoms in total. The van der Waals surface area contributed by atoms with E-state index in [0.29, 0.717) is 12.4 Å². The summed E-state index contributed by atoms with van der Waals surface area (Å²) in [7, 11) is 0. The molecule has 3 aromatic rings. The fourth-order valence-corrected chi connectivity index (χ4v) is 3.65. The van der Waals surface area contributed by atoms with E-state index in [0.717, 1.165) is 47.5 Å². The third-order valence-corrected chi connectivity index (χ3v) is 4.97. The van der Waals surface area contributed by atoms with Crippen molar-refractivity contribution in [2.45, 2.75) is 25.4 Å². The summed E-state index contributed by atoms with van der Waals surface area (Å²) in [5, 5.41) is 11.8. The zero-order valence-corrected chi connectivity index (χ0v) is 14.0. The molecular weight excluding hydrogens is 322 g/mol. The number of aromatic nitrogens is 4. The summed E-state index contributed by atoms with van der Waals surface area (Å²) in [6.07, 6.45) is 7.66. The van der Waals surface area contributed by atoms with Gasteiger partial charge in [0.05, 0.1) is 30.5 Å². The zero-order chi connectivity index (χ0) is 16.4. The summed E-state index contributed by atoms with van der Waals surface area (Å²) in [5.41, 5.74) is 7.90. The Morgan fingerprint density at radius 3 is 3.29 bits per heavy atom. The molecule has 3 N–H and O–H groups in total. The number of rotatable bonds is 4. The molecule has 0 amide bonds. The number of piperidine rings is 1. The van der Waals surface area contributed by atoms with Crippen LogP contribution >= 0.6 is 11.3 Å². The Kier molecular flexibility index (Phi) is 4.22. The lowest BCUT2D eigenvalue weighted by Crippen LogP contribution is -2.34. The molecule has 1 atom stereocenters. The van der Waals surface area contributed by atoms with Crippen molar-refractivity contribution in [1.29, 1.82) is 0 Å². The van der Waals surface area contributed by atoms with Gasteiger partial charge in [0, 0.05) is 23.5 Å². The molecule has 1 saturated heterocycles. The van der Waals surface area contributed by atoms with Gasteiger partial charge in [-0.25, -0.2) is 4.98 Å². The van der Waals surface area contributed by atoms with E-state index < -0.39 is 0 Å². The van der Waals surface area contributed by atoms with E-state index in [4.69, 9.17) is 5.73 Å². The number of hydrogen-bond acceptors (Lipinski definition) is 6. The van der Waals surface area contributed by atoms with Crippen molar-refractivity contribution in [3.8, 4) is 0 Å². The second kappa shape index (κ2) is 6.66. The topological polar surface area (TPSA) is 94.0 Å². The number of nitrogens with two attached hydrogens (primary N) is 1. The molecular formula is C16H19N7S. The Bertz CT molecular complexity index is 860. The Morgan fingerprint density at radius 2 is 2.42 bits per heavy atom. The monoisotopic (exact) mass is 341 g/mol. The van der Waals surface area contributed by atoms with Crippen molar-refractivity contribution in [3.05, 3.63) is 40.7 Å². The smallest absolute Gasteiger partial charge is 0.145 e. The normalized spacial score (nSPS) is 19.0. The van der Waals surface area contributed by atoms with Gasteiger partial charge in [-0.2, -0.15) is 5.10 Å². The van der Waals surface area contributed by atoms with Gasteiger partial charge in [-0.1, -0.05) is 0 Å². The fourth-order valence-electron chi connectivity index (χ4n) is 2.88. The summed E-state index contributed by atoms with van der Waals surface area (Å²) >= 11 is 1.58. The summed E-state index contributed by atoms with van der Waals surface area (Å²) in [6, 6.07) is 2.21. The Balaban J connectivity index is 1.51. The maximum atomic E-state index is 6.14. The standard InChI is InChI=1S/C16H19N7S/c17-16(21-12-2-1-4-18-7-12)13-10-24-15(22-13)9-23-14-8-19-5-3-11(14)6-20-23/h3,5-6,8,10,12,18H,1-2,4,7,9H2,(H2,17,21). The van der Waals surface area contributed by atoms with Gasteiger partial charge in [0.15, 0.2) is 0 Å². The van der Waals surface area contributed by atoms with Gasteiger partial charge in [0.1, 0.15) is 16.5 Å². The first-order valence-electron chi connectivity index (χ1n) is 8.04. The zero-order valence-electron chi connectivity index (χ0n) is 13.2. The molecule has 4 rings (SSSR count). The number of pyridine rings is 1. The van der Waals surface area contributed by atoms with E-state index >= 15 is 0 Å². The molecule has 1 unspecified atom stereocenters. The third kappa shape index (κ3) is 3.15. The molecule has 0 bridgehead atoms.